The highest BCUT2D eigenvalue weighted by Crippen LogP contribution is 2.28. The van der Waals surface area contributed by atoms with Crippen molar-refractivity contribution in [1.29, 1.82) is 0 Å². The van der Waals surface area contributed by atoms with Gasteiger partial charge in [0.25, 0.3) is 5.56 Å². The normalized spacial score (nSPS) is 16.9. The quantitative estimate of drug-likeness (QED) is 0.868. The fourth-order valence-corrected chi connectivity index (χ4v) is 3.60. The molecular weight excluding hydrogens is 304 g/mol. The van der Waals surface area contributed by atoms with Crippen LogP contribution in [0.25, 0.3) is 10.9 Å². The largest absolute Gasteiger partial charge is 0.459 e. The molecule has 128 valence electrons. The van der Waals surface area contributed by atoms with Gasteiger partial charge in [0.2, 0.25) is 0 Å². The summed E-state index contributed by atoms with van der Waals surface area (Å²) in [6.07, 6.45) is 8.69. The van der Waals surface area contributed by atoms with Gasteiger partial charge in [-0.1, -0.05) is 32.1 Å². The molecule has 2 aromatic heterocycles. The Labute approximate surface area is 141 Å². The number of hydrogen-bond donors (Lipinski definition) is 1. The van der Waals surface area contributed by atoms with E-state index < -0.39 is 5.97 Å². The lowest BCUT2D eigenvalue weighted by Gasteiger charge is -2.24. The first-order valence-corrected chi connectivity index (χ1v) is 8.74. The summed E-state index contributed by atoms with van der Waals surface area (Å²) in [5.74, 6) is 0.258. The highest BCUT2D eigenvalue weighted by Gasteiger charge is 2.21. The number of carbonyl (C=O) groups excluding carboxylic acids is 1. The Morgan fingerprint density at radius 3 is 2.88 bits per heavy atom. The standard InChI is InChI=1S/C19H24N2O3/c1-12(10-14-6-4-3-5-7-14)24-19(23)15-11-16-17(21-13(15)2)8-9-20-18(16)22/h8-9,11-12,14H,3-7,10H2,1-2H3,(H,20,22). The molecule has 5 nitrogen and oxygen atoms in total. The average molecular weight is 328 g/mol. The molecule has 1 atom stereocenters. The minimum Gasteiger partial charge on any atom is -0.459 e. The first kappa shape index (κ1) is 16.7. The SMILES string of the molecule is Cc1nc2cc[nH]c(=O)c2cc1C(=O)OC(C)CC1CCCCC1. The summed E-state index contributed by atoms with van der Waals surface area (Å²) in [5.41, 5.74) is 1.30. The van der Waals surface area contributed by atoms with Crippen molar-refractivity contribution in [2.75, 3.05) is 0 Å². The second-order valence-electron chi connectivity index (χ2n) is 6.82. The van der Waals surface area contributed by atoms with Gasteiger partial charge < -0.3 is 9.72 Å². The van der Waals surface area contributed by atoms with E-state index in [1.165, 1.54) is 32.1 Å². The minimum absolute atomic E-state index is 0.121. The maximum atomic E-state index is 12.5. The van der Waals surface area contributed by atoms with Gasteiger partial charge in [-0.25, -0.2) is 4.79 Å². The molecule has 1 aliphatic carbocycles. The van der Waals surface area contributed by atoms with E-state index in [9.17, 15) is 9.59 Å². The van der Waals surface area contributed by atoms with Crippen LogP contribution >= 0.6 is 0 Å². The van der Waals surface area contributed by atoms with Crippen molar-refractivity contribution in [1.82, 2.24) is 9.97 Å². The lowest BCUT2D eigenvalue weighted by molar-refractivity contribution is 0.0273. The summed E-state index contributed by atoms with van der Waals surface area (Å²) < 4.78 is 5.62. The van der Waals surface area contributed by atoms with Crippen LogP contribution in [0.3, 0.4) is 0 Å². The van der Waals surface area contributed by atoms with Gasteiger partial charge >= 0.3 is 5.97 Å². The molecule has 0 bridgehead atoms. The molecule has 0 aromatic carbocycles. The number of rotatable bonds is 4. The maximum absolute atomic E-state index is 12.5. The van der Waals surface area contributed by atoms with E-state index >= 15 is 0 Å². The molecular formula is C19H24N2O3. The smallest absolute Gasteiger partial charge is 0.340 e. The summed E-state index contributed by atoms with van der Waals surface area (Å²) in [6.45, 7) is 3.71. The Balaban J connectivity index is 1.74. The number of aromatic nitrogens is 2. The summed E-state index contributed by atoms with van der Waals surface area (Å²) >= 11 is 0. The number of aryl methyl sites for hydroxylation is 1. The predicted octanol–water partition coefficient (Wildman–Crippen LogP) is 3.75. The van der Waals surface area contributed by atoms with Crippen molar-refractivity contribution >= 4 is 16.9 Å². The summed E-state index contributed by atoms with van der Waals surface area (Å²) in [4.78, 5) is 31.4. The number of nitrogens with one attached hydrogen (secondary N) is 1. The van der Waals surface area contributed by atoms with Crippen molar-refractivity contribution in [3.63, 3.8) is 0 Å². The number of nitrogens with zero attached hydrogens (tertiary/aromatic N) is 1. The van der Waals surface area contributed by atoms with Crippen LogP contribution < -0.4 is 5.56 Å². The van der Waals surface area contributed by atoms with Crippen molar-refractivity contribution in [2.24, 2.45) is 5.92 Å². The molecule has 1 N–H and O–H groups in total. The average Bonchev–Trinajstić information content (AvgIpc) is 2.55. The molecule has 3 rings (SSSR count). The van der Waals surface area contributed by atoms with Crippen LogP contribution in [0.15, 0.2) is 23.1 Å². The maximum Gasteiger partial charge on any atom is 0.340 e. The second-order valence-corrected chi connectivity index (χ2v) is 6.82. The van der Waals surface area contributed by atoms with Crippen LogP contribution in [0, 0.1) is 12.8 Å². The number of esters is 1. The van der Waals surface area contributed by atoms with Crippen LogP contribution in [0.2, 0.25) is 0 Å². The van der Waals surface area contributed by atoms with Gasteiger partial charge in [0.1, 0.15) is 0 Å². The zero-order valence-electron chi connectivity index (χ0n) is 14.3. The molecule has 24 heavy (non-hydrogen) atoms. The fraction of sp³-hybridized carbons (Fsp3) is 0.526. The summed E-state index contributed by atoms with van der Waals surface area (Å²) in [5, 5.41) is 0.412. The molecule has 0 spiro atoms. The van der Waals surface area contributed by atoms with Crippen molar-refractivity contribution in [3.8, 4) is 0 Å². The first-order valence-electron chi connectivity index (χ1n) is 8.74. The number of aromatic amines is 1. The number of pyridine rings is 2. The number of fused-ring (bicyclic) bond motifs is 1. The third-order valence-electron chi connectivity index (χ3n) is 4.86. The molecule has 2 heterocycles. The number of hydrogen-bond acceptors (Lipinski definition) is 4. The van der Waals surface area contributed by atoms with Gasteiger partial charge in [0.05, 0.1) is 28.3 Å². The van der Waals surface area contributed by atoms with Crippen LogP contribution in [0.4, 0.5) is 0 Å². The Hall–Kier alpha value is -2.17. The third-order valence-corrected chi connectivity index (χ3v) is 4.86. The van der Waals surface area contributed by atoms with E-state index in [2.05, 4.69) is 9.97 Å². The Kier molecular flexibility index (Phi) is 4.97. The monoisotopic (exact) mass is 328 g/mol. The molecule has 5 heteroatoms. The number of ether oxygens (including phenoxy) is 1. The molecule has 2 aromatic rings. The van der Waals surface area contributed by atoms with E-state index in [4.69, 9.17) is 4.74 Å². The number of H-pyrrole nitrogens is 1. The highest BCUT2D eigenvalue weighted by atomic mass is 16.5. The lowest BCUT2D eigenvalue weighted by Crippen LogP contribution is -2.21. The highest BCUT2D eigenvalue weighted by molar-refractivity contribution is 5.94. The first-order chi connectivity index (χ1) is 11.5. The van der Waals surface area contributed by atoms with Crippen LogP contribution in [0.1, 0.15) is 61.5 Å². The van der Waals surface area contributed by atoms with Crippen LogP contribution in [-0.2, 0) is 4.74 Å². The molecule has 0 amide bonds. The zero-order valence-corrected chi connectivity index (χ0v) is 14.3. The van der Waals surface area contributed by atoms with Gasteiger partial charge in [0, 0.05) is 6.20 Å². The number of carbonyl (C=O) groups is 1. The van der Waals surface area contributed by atoms with Gasteiger partial charge in [0.15, 0.2) is 0 Å². The Bertz CT molecular complexity index is 791. The van der Waals surface area contributed by atoms with Gasteiger partial charge in [-0.2, -0.15) is 0 Å². The molecule has 1 fully saturated rings. The van der Waals surface area contributed by atoms with E-state index in [-0.39, 0.29) is 11.7 Å². The van der Waals surface area contributed by atoms with Gasteiger partial charge in [-0.3, -0.25) is 9.78 Å². The van der Waals surface area contributed by atoms with Crippen molar-refractivity contribution < 1.29 is 9.53 Å². The summed E-state index contributed by atoms with van der Waals surface area (Å²) in [7, 11) is 0. The van der Waals surface area contributed by atoms with Crippen LogP contribution in [-0.4, -0.2) is 22.0 Å². The third kappa shape index (κ3) is 3.66. The fourth-order valence-electron chi connectivity index (χ4n) is 3.60. The molecule has 0 saturated heterocycles. The molecule has 0 aliphatic heterocycles. The van der Waals surface area contributed by atoms with E-state index in [0.29, 0.717) is 28.1 Å². The minimum atomic E-state index is -0.395. The second kappa shape index (κ2) is 7.16. The molecule has 1 saturated carbocycles. The van der Waals surface area contributed by atoms with Crippen LogP contribution in [0.5, 0.6) is 0 Å². The Morgan fingerprint density at radius 2 is 2.12 bits per heavy atom. The van der Waals surface area contributed by atoms with E-state index in [1.54, 1.807) is 25.3 Å². The molecule has 1 unspecified atom stereocenters. The van der Waals surface area contributed by atoms with Crippen molar-refractivity contribution in [2.45, 2.75) is 58.5 Å². The van der Waals surface area contributed by atoms with Gasteiger partial charge in [-0.05, 0) is 38.3 Å². The van der Waals surface area contributed by atoms with E-state index in [1.807, 2.05) is 6.92 Å². The lowest BCUT2D eigenvalue weighted by atomic mass is 9.85. The van der Waals surface area contributed by atoms with Crippen molar-refractivity contribution in [3.05, 3.63) is 39.9 Å². The van der Waals surface area contributed by atoms with Gasteiger partial charge in [-0.15, -0.1) is 0 Å². The predicted molar refractivity (Wildman–Crippen MR) is 93.2 cm³/mol. The molecule has 1 aliphatic rings. The van der Waals surface area contributed by atoms with E-state index in [0.717, 1.165) is 6.42 Å². The molecule has 0 radical (unpaired) electrons. The topological polar surface area (TPSA) is 72.0 Å². The summed E-state index contributed by atoms with van der Waals surface area (Å²) in [6, 6.07) is 3.32. The Morgan fingerprint density at radius 1 is 1.38 bits per heavy atom. The zero-order chi connectivity index (χ0) is 17.1.